The lowest BCUT2D eigenvalue weighted by atomic mass is 10.2. The Kier molecular flexibility index (Phi) is 6.82. The molecule has 0 saturated heterocycles. The molecule has 0 fully saturated rings. The maximum Gasteiger partial charge on any atom is 0.247 e. The minimum atomic E-state index is 0.0564. The number of aliphatic hydroxyl groups is 1. The molecule has 0 aliphatic heterocycles. The molecule has 3 aromatic rings. The number of para-hydroxylation sites is 3. The first kappa shape index (κ1) is 20.1. The largest absolute Gasteiger partial charge is 0.396 e. The van der Waals surface area contributed by atoms with Crippen LogP contribution in [0.5, 0.6) is 0 Å². The number of amides is 1. The molecule has 2 aromatic carbocycles. The number of fused-ring (bicyclic) bond motifs is 1. The lowest BCUT2D eigenvalue weighted by molar-refractivity contribution is -0.119. The normalized spacial score (nSPS) is 11.3. The topological polar surface area (TPSA) is 58.4 Å². The van der Waals surface area contributed by atoms with Gasteiger partial charge in [-0.3, -0.25) is 4.79 Å². The quantitative estimate of drug-likeness (QED) is 0.567. The van der Waals surface area contributed by atoms with Crippen molar-refractivity contribution in [2.24, 2.45) is 0 Å². The molecular formula is C23H29N3O2. The van der Waals surface area contributed by atoms with Gasteiger partial charge in [-0.1, -0.05) is 36.8 Å². The Bertz CT molecular complexity index is 903. The van der Waals surface area contributed by atoms with Crippen LogP contribution in [-0.2, 0) is 17.8 Å². The average Bonchev–Trinajstić information content (AvgIpc) is 3.03. The van der Waals surface area contributed by atoms with Gasteiger partial charge in [-0.2, -0.15) is 0 Å². The second-order valence-corrected chi connectivity index (χ2v) is 7.33. The Morgan fingerprint density at radius 1 is 1.04 bits per heavy atom. The summed E-state index contributed by atoms with van der Waals surface area (Å²) in [5.74, 6) is 0.991. The predicted molar refractivity (Wildman–Crippen MR) is 113 cm³/mol. The number of hydrogen-bond donors (Lipinski definition) is 1. The Morgan fingerprint density at radius 2 is 1.75 bits per heavy atom. The summed E-state index contributed by atoms with van der Waals surface area (Å²) in [6, 6.07) is 17.9. The lowest BCUT2D eigenvalue weighted by Crippen LogP contribution is -2.39. The standard InChI is InChI=1S/C23H29N3O2/c1-18(2)26(19-11-5-3-6-12-19)23(28)17-25-21-14-9-8-13-20(21)24-22(25)15-7-4-10-16-27/h3,5-6,8-9,11-14,18,27H,4,7,10,15-17H2,1-2H3. The van der Waals surface area contributed by atoms with Crippen LogP contribution in [-0.4, -0.2) is 33.2 Å². The van der Waals surface area contributed by atoms with Crippen molar-refractivity contribution in [3.8, 4) is 0 Å². The molecule has 1 aromatic heterocycles. The molecule has 1 heterocycles. The second kappa shape index (κ2) is 9.51. The first-order chi connectivity index (χ1) is 13.6. The Balaban J connectivity index is 1.88. The van der Waals surface area contributed by atoms with Crippen LogP contribution < -0.4 is 4.90 Å². The van der Waals surface area contributed by atoms with Crippen LogP contribution in [0.3, 0.4) is 0 Å². The molecular weight excluding hydrogens is 350 g/mol. The molecule has 1 N–H and O–H groups in total. The van der Waals surface area contributed by atoms with Crippen LogP contribution in [0.25, 0.3) is 11.0 Å². The van der Waals surface area contributed by atoms with E-state index in [1.54, 1.807) is 0 Å². The van der Waals surface area contributed by atoms with E-state index in [-0.39, 0.29) is 25.1 Å². The van der Waals surface area contributed by atoms with Crippen molar-refractivity contribution in [1.29, 1.82) is 0 Å². The molecule has 0 saturated carbocycles. The number of nitrogens with zero attached hydrogens (tertiary/aromatic N) is 3. The number of unbranched alkanes of at least 4 members (excludes halogenated alkanes) is 2. The fourth-order valence-electron chi connectivity index (χ4n) is 3.59. The average molecular weight is 380 g/mol. The SMILES string of the molecule is CC(C)N(C(=O)Cn1c(CCCCCO)nc2ccccc21)c1ccccc1. The van der Waals surface area contributed by atoms with Crippen molar-refractivity contribution < 1.29 is 9.90 Å². The summed E-state index contributed by atoms with van der Waals surface area (Å²) in [6.07, 6.45) is 3.50. The van der Waals surface area contributed by atoms with Crippen molar-refractivity contribution in [3.05, 3.63) is 60.4 Å². The van der Waals surface area contributed by atoms with Gasteiger partial charge in [-0.05, 0) is 51.0 Å². The summed E-state index contributed by atoms with van der Waals surface area (Å²) in [4.78, 5) is 19.9. The van der Waals surface area contributed by atoms with Gasteiger partial charge < -0.3 is 14.6 Å². The van der Waals surface area contributed by atoms with Crippen LogP contribution in [0.15, 0.2) is 54.6 Å². The van der Waals surface area contributed by atoms with Crippen LogP contribution in [0.4, 0.5) is 5.69 Å². The molecule has 1 amide bonds. The van der Waals surface area contributed by atoms with Gasteiger partial charge >= 0.3 is 0 Å². The number of aryl methyl sites for hydroxylation is 1. The molecule has 5 heteroatoms. The van der Waals surface area contributed by atoms with Crippen LogP contribution >= 0.6 is 0 Å². The third-order valence-corrected chi connectivity index (χ3v) is 4.90. The van der Waals surface area contributed by atoms with Crippen molar-refractivity contribution >= 4 is 22.6 Å². The van der Waals surface area contributed by atoms with E-state index in [0.29, 0.717) is 0 Å². The minimum Gasteiger partial charge on any atom is -0.396 e. The number of rotatable bonds is 9. The first-order valence-electron chi connectivity index (χ1n) is 10.0. The van der Waals surface area contributed by atoms with Gasteiger partial charge in [-0.15, -0.1) is 0 Å². The van der Waals surface area contributed by atoms with E-state index in [1.807, 2.05) is 73.3 Å². The van der Waals surface area contributed by atoms with Gasteiger partial charge in [0, 0.05) is 24.8 Å². The molecule has 148 valence electrons. The summed E-state index contributed by atoms with van der Waals surface area (Å²) in [5, 5.41) is 9.00. The summed E-state index contributed by atoms with van der Waals surface area (Å²) in [7, 11) is 0. The zero-order valence-electron chi connectivity index (χ0n) is 16.7. The number of carbonyl (C=O) groups is 1. The number of aliphatic hydroxyl groups excluding tert-OH is 1. The van der Waals surface area contributed by atoms with Gasteiger partial charge in [0.05, 0.1) is 11.0 Å². The fraction of sp³-hybridized carbons (Fsp3) is 0.391. The molecule has 0 radical (unpaired) electrons. The highest BCUT2D eigenvalue weighted by Gasteiger charge is 2.21. The van der Waals surface area contributed by atoms with Crippen molar-refractivity contribution in [1.82, 2.24) is 9.55 Å². The van der Waals surface area contributed by atoms with Gasteiger partial charge in [0.1, 0.15) is 12.4 Å². The van der Waals surface area contributed by atoms with Gasteiger partial charge in [0.15, 0.2) is 0 Å². The van der Waals surface area contributed by atoms with E-state index in [4.69, 9.17) is 10.1 Å². The maximum atomic E-state index is 13.3. The lowest BCUT2D eigenvalue weighted by Gasteiger charge is -2.27. The fourth-order valence-corrected chi connectivity index (χ4v) is 3.59. The van der Waals surface area contributed by atoms with Crippen molar-refractivity contribution in [3.63, 3.8) is 0 Å². The zero-order chi connectivity index (χ0) is 19.9. The van der Waals surface area contributed by atoms with Crippen molar-refractivity contribution in [2.75, 3.05) is 11.5 Å². The Hall–Kier alpha value is -2.66. The summed E-state index contributed by atoms with van der Waals surface area (Å²) in [5.41, 5.74) is 2.82. The minimum absolute atomic E-state index is 0.0564. The van der Waals surface area contributed by atoms with Crippen molar-refractivity contribution in [2.45, 2.75) is 52.1 Å². The van der Waals surface area contributed by atoms with Crippen LogP contribution in [0.1, 0.15) is 38.9 Å². The number of benzene rings is 2. The number of aromatic nitrogens is 2. The highest BCUT2D eigenvalue weighted by atomic mass is 16.2. The van der Waals surface area contributed by atoms with E-state index in [9.17, 15) is 4.79 Å². The van der Waals surface area contributed by atoms with Gasteiger partial charge in [-0.25, -0.2) is 4.98 Å². The van der Waals surface area contributed by atoms with E-state index >= 15 is 0 Å². The molecule has 0 unspecified atom stereocenters. The number of imidazole rings is 1. The van der Waals surface area contributed by atoms with E-state index in [1.165, 1.54) is 0 Å². The maximum absolute atomic E-state index is 13.3. The number of carbonyl (C=O) groups excluding carboxylic acids is 1. The highest BCUT2D eigenvalue weighted by molar-refractivity contribution is 5.94. The third-order valence-electron chi connectivity index (χ3n) is 4.90. The van der Waals surface area contributed by atoms with E-state index in [0.717, 1.165) is 48.2 Å². The smallest absolute Gasteiger partial charge is 0.247 e. The molecule has 0 aliphatic rings. The monoisotopic (exact) mass is 379 g/mol. The molecule has 3 rings (SSSR count). The highest BCUT2D eigenvalue weighted by Crippen LogP contribution is 2.21. The summed E-state index contributed by atoms with van der Waals surface area (Å²) in [6.45, 7) is 4.55. The van der Waals surface area contributed by atoms with Gasteiger partial charge in [0.2, 0.25) is 5.91 Å². The number of anilines is 1. The summed E-state index contributed by atoms with van der Waals surface area (Å²) >= 11 is 0. The number of hydrogen-bond acceptors (Lipinski definition) is 3. The molecule has 0 bridgehead atoms. The Morgan fingerprint density at radius 3 is 2.46 bits per heavy atom. The molecule has 5 nitrogen and oxygen atoms in total. The van der Waals surface area contributed by atoms with Crippen LogP contribution in [0.2, 0.25) is 0 Å². The van der Waals surface area contributed by atoms with E-state index in [2.05, 4.69) is 4.57 Å². The zero-order valence-corrected chi connectivity index (χ0v) is 16.7. The van der Waals surface area contributed by atoms with Crippen LogP contribution in [0, 0.1) is 0 Å². The Labute approximate surface area is 166 Å². The molecule has 0 aliphatic carbocycles. The second-order valence-electron chi connectivity index (χ2n) is 7.33. The predicted octanol–water partition coefficient (Wildman–Crippen LogP) is 4.18. The third kappa shape index (κ3) is 4.60. The molecule has 28 heavy (non-hydrogen) atoms. The van der Waals surface area contributed by atoms with E-state index < -0.39 is 0 Å². The molecule has 0 spiro atoms. The molecule has 0 atom stereocenters. The first-order valence-corrected chi connectivity index (χ1v) is 10.0. The van der Waals surface area contributed by atoms with Gasteiger partial charge in [0.25, 0.3) is 0 Å². The summed E-state index contributed by atoms with van der Waals surface area (Å²) < 4.78 is 2.05.